The minimum absolute atomic E-state index is 0.0368. The third-order valence-corrected chi connectivity index (χ3v) is 4.82. The lowest BCUT2D eigenvalue weighted by atomic mass is 10.1. The average Bonchev–Trinajstić information content (AvgIpc) is 2.96. The van der Waals surface area contributed by atoms with Crippen molar-refractivity contribution in [1.29, 1.82) is 0 Å². The zero-order valence-corrected chi connectivity index (χ0v) is 16.0. The summed E-state index contributed by atoms with van der Waals surface area (Å²) in [6.07, 6.45) is 19.6. The van der Waals surface area contributed by atoms with Crippen molar-refractivity contribution in [3.8, 4) is 0 Å². The van der Waals surface area contributed by atoms with Gasteiger partial charge in [-0.25, -0.2) is 14.3 Å². The number of aliphatic imine (C=N–C) groups is 1. The smallest absolute Gasteiger partial charge is 0.360 e. The molecule has 5 nitrogen and oxygen atoms in total. The first-order chi connectivity index (χ1) is 12.0. The normalized spacial score (nSPS) is 21.0. The van der Waals surface area contributed by atoms with Gasteiger partial charge in [-0.05, 0) is 32.1 Å². The molecule has 25 heavy (non-hydrogen) atoms. The number of carbonyl (C=O) groups is 1. The Morgan fingerprint density at radius 1 is 1.20 bits per heavy atom. The largest absolute Gasteiger partial charge is 0.477 e. The number of hydrogen-bond acceptors (Lipinski definition) is 3. The topological polar surface area (TPSA) is 75.7 Å². The van der Waals surface area contributed by atoms with Crippen molar-refractivity contribution in [1.82, 2.24) is 0 Å². The molecule has 5 heteroatoms. The molecule has 1 aliphatic heterocycles. The van der Waals surface area contributed by atoms with Crippen LogP contribution < -0.4 is 5.73 Å². The summed E-state index contributed by atoms with van der Waals surface area (Å²) >= 11 is 0. The van der Waals surface area contributed by atoms with Gasteiger partial charge in [0.25, 0.3) is 0 Å². The molecule has 0 saturated heterocycles. The van der Waals surface area contributed by atoms with E-state index >= 15 is 0 Å². The van der Waals surface area contributed by atoms with Crippen molar-refractivity contribution in [3.63, 3.8) is 0 Å². The van der Waals surface area contributed by atoms with Crippen LogP contribution >= 0.6 is 0 Å². The Labute approximate surface area is 152 Å². The molecule has 0 aromatic carbocycles. The lowest BCUT2D eigenvalue weighted by Crippen LogP contribution is -2.59. The number of carboxylic acids is 1. The molecule has 1 heterocycles. The third kappa shape index (κ3) is 7.53. The van der Waals surface area contributed by atoms with E-state index in [0.717, 1.165) is 31.5 Å². The molecular weight excluding hydrogens is 314 g/mol. The molecule has 1 rings (SSSR count). The van der Waals surface area contributed by atoms with Crippen LogP contribution in [0, 0.1) is 0 Å². The van der Waals surface area contributed by atoms with E-state index < -0.39 is 5.97 Å². The van der Waals surface area contributed by atoms with Gasteiger partial charge in [0.1, 0.15) is 12.4 Å². The lowest BCUT2D eigenvalue weighted by Gasteiger charge is -2.34. The Hall–Kier alpha value is -1.46. The van der Waals surface area contributed by atoms with E-state index in [-0.39, 0.29) is 17.2 Å². The summed E-state index contributed by atoms with van der Waals surface area (Å²) in [5.41, 5.74) is 6.07. The molecule has 0 bridgehead atoms. The lowest BCUT2D eigenvalue weighted by molar-refractivity contribution is -0.805. The zero-order valence-electron chi connectivity index (χ0n) is 16.0. The van der Waals surface area contributed by atoms with Gasteiger partial charge < -0.3 is 5.11 Å². The van der Waals surface area contributed by atoms with Gasteiger partial charge >= 0.3 is 5.97 Å². The third-order valence-electron chi connectivity index (χ3n) is 4.82. The fourth-order valence-corrected chi connectivity index (χ4v) is 3.23. The summed E-state index contributed by atoms with van der Waals surface area (Å²) in [6.45, 7) is 4.05. The van der Waals surface area contributed by atoms with Crippen LogP contribution in [0.1, 0.15) is 78.1 Å². The summed E-state index contributed by atoms with van der Waals surface area (Å²) in [6, 6.07) is 0. The molecule has 0 aromatic rings. The highest BCUT2D eigenvalue weighted by atomic mass is 16.4. The Balaban J connectivity index is 2.24. The highest BCUT2D eigenvalue weighted by Crippen LogP contribution is 2.23. The molecular formula is C20H36N3O2+. The van der Waals surface area contributed by atoms with Gasteiger partial charge in [0.05, 0.1) is 6.20 Å². The quantitative estimate of drug-likeness (QED) is 0.274. The monoisotopic (exact) mass is 350 g/mol. The minimum atomic E-state index is -0.849. The number of nitrogens with zero attached hydrogens (tertiary/aromatic N) is 2. The van der Waals surface area contributed by atoms with E-state index in [1.165, 1.54) is 38.5 Å². The fourth-order valence-electron chi connectivity index (χ4n) is 3.23. The molecule has 0 spiro atoms. The Bertz CT molecular complexity index is 483. The van der Waals surface area contributed by atoms with Gasteiger partial charge in [0, 0.05) is 13.3 Å². The number of amidine groups is 1. The Kier molecular flexibility index (Phi) is 10.3. The second-order valence-electron chi connectivity index (χ2n) is 6.99. The van der Waals surface area contributed by atoms with E-state index in [2.05, 4.69) is 24.1 Å². The fraction of sp³-hybridized carbons (Fsp3) is 0.700. The van der Waals surface area contributed by atoms with Crippen LogP contribution in [0.5, 0.6) is 0 Å². The van der Waals surface area contributed by atoms with Crippen LogP contribution in [0.15, 0.2) is 29.5 Å². The molecule has 0 radical (unpaired) electrons. The number of nitrogens with two attached hydrogens (primary N) is 1. The van der Waals surface area contributed by atoms with Gasteiger partial charge in [-0.15, -0.1) is 0 Å². The van der Waals surface area contributed by atoms with Crippen molar-refractivity contribution in [2.24, 2.45) is 10.7 Å². The van der Waals surface area contributed by atoms with Gasteiger partial charge in [-0.2, -0.15) is 0 Å². The molecule has 0 fully saturated rings. The summed E-state index contributed by atoms with van der Waals surface area (Å²) in [5.74, 6) is 0.0238. The Morgan fingerprint density at radius 3 is 2.44 bits per heavy atom. The molecule has 0 aliphatic carbocycles. The molecule has 0 aromatic heterocycles. The van der Waals surface area contributed by atoms with Gasteiger partial charge in [-0.1, -0.05) is 44.8 Å². The number of allylic oxidation sites excluding steroid dienone is 2. The summed E-state index contributed by atoms with van der Waals surface area (Å²) in [7, 11) is 0. The minimum Gasteiger partial charge on any atom is -0.477 e. The van der Waals surface area contributed by atoms with E-state index in [4.69, 9.17) is 5.73 Å². The number of rotatable bonds is 14. The summed E-state index contributed by atoms with van der Waals surface area (Å²) in [4.78, 5) is 15.6. The van der Waals surface area contributed by atoms with Crippen LogP contribution in [0.3, 0.4) is 0 Å². The summed E-state index contributed by atoms with van der Waals surface area (Å²) < 4.78 is 0.156. The number of quaternary nitrogens is 1. The molecule has 2 atom stereocenters. The second-order valence-corrected chi connectivity index (χ2v) is 6.99. The van der Waals surface area contributed by atoms with Gasteiger partial charge in [0.2, 0.25) is 5.84 Å². The maximum absolute atomic E-state index is 11.2. The number of unbranched alkanes of at least 4 members (excludes halogenated alkanes) is 7. The first-order valence-corrected chi connectivity index (χ1v) is 9.77. The van der Waals surface area contributed by atoms with E-state index in [1.807, 2.05) is 13.1 Å². The van der Waals surface area contributed by atoms with Crippen molar-refractivity contribution < 1.29 is 14.4 Å². The van der Waals surface area contributed by atoms with Crippen molar-refractivity contribution >= 4 is 11.8 Å². The molecule has 142 valence electrons. The van der Waals surface area contributed by atoms with Crippen LogP contribution in [-0.2, 0) is 4.79 Å². The van der Waals surface area contributed by atoms with Crippen LogP contribution in [0.2, 0.25) is 0 Å². The number of hydrogen-bond donors (Lipinski definition) is 2. The predicted molar refractivity (Wildman–Crippen MR) is 104 cm³/mol. The van der Waals surface area contributed by atoms with Crippen LogP contribution in [-0.4, -0.2) is 34.1 Å². The van der Waals surface area contributed by atoms with Crippen molar-refractivity contribution in [2.45, 2.75) is 84.2 Å². The molecule has 0 saturated carbocycles. The maximum Gasteiger partial charge on any atom is 0.360 e. The van der Waals surface area contributed by atoms with E-state index in [0.29, 0.717) is 0 Å². The molecule has 1 aliphatic rings. The number of aliphatic carboxylic acids is 1. The SMILES string of the molecule is CCCCCCC/C=C/CCCCC1=NC=C[N+]1(CC(=O)O)C(C)N. The van der Waals surface area contributed by atoms with E-state index in [9.17, 15) is 9.90 Å². The average molecular weight is 351 g/mol. The Morgan fingerprint density at radius 2 is 1.84 bits per heavy atom. The highest BCUT2D eigenvalue weighted by molar-refractivity contribution is 5.81. The molecule has 3 N–H and O–H groups in total. The standard InChI is InChI=1S/C20H35N3O2/c1-3-4-5-6-7-8-9-10-11-12-13-14-19-22-15-16-23(19,18(2)21)17-20(24)25/h9-10,15-16,18H,3-8,11-14,17,21H2,1-2H3/p+1/b10-9+. The van der Waals surface area contributed by atoms with Crippen molar-refractivity contribution in [3.05, 3.63) is 24.6 Å². The predicted octanol–water partition coefficient (Wildman–Crippen LogP) is 4.55. The van der Waals surface area contributed by atoms with Gasteiger partial charge in [0.15, 0.2) is 6.54 Å². The summed E-state index contributed by atoms with van der Waals surface area (Å²) in [5, 5.41) is 9.20. The maximum atomic E-state index is 11.2. The van der Waals surface area contributed by atoms with Crippen LogP contribution in [0.4, 0.5) is 0 Å². The molecule has 0 amide bonds. The number of carboxylic acid groups (broad SMARTS) is 1. The first-order valence-electron chi connectivity index (χ1n) is 9.77. The highest BCUT2D eigenvalue weighted by Gasteiger charge is 2.40. The van der Waals surface area contributed by atoms with Crippen molar-refractivity contribution in [2.75, 3.05) is 6.54 Å². The van der Waals surface area contributed by atoms with E-state index in [1.54, 1.807) is 6.20 Å². The van der Waals surface area contributed by atoms with Gasteiger partial charge in [-0.3, -0.25) is 5.73 Å². The second kappa shape index (κ2) is 12.0. The first kappa shape index (κ1) is 21.6. The zero-order chi connectivity index (χ0) is 18.5. The molecule has 2 unspecified atom stereocenters. The van der Waals surface area contributed by atoms with Crippen LogP contribution in [0.25, 0.3) is 0 Å².